The number of carbonyl (C=O) groups excluding carboxylic acids is 2. The van der Waals surface area contributed by atoms with Gasteiger partial charge in [-0.25, -0.2) is 4.98 Å². The van der Waals surface area contributed by atoms with E-state index in [2.05, 4.69) is 11.1 Å². The van der Waals surface area contributed by atoms with E-state index in [1.807, 2.05) is 0 Å². The normalized spacial score (nSPS) is 14.9. The molecule has 1 atom stereocenters. The minimum atomic E-state index is -0.469. The number of nitriles is 1. The van der Waals surface area contributed by atoms with Gasteiger partial charge in [0.1, 0.15) is 10.9 Å². The molecule has 0 bridgehead atoms. The smallest absolute Gasteiger partial charge is 0.266 e. The Kier molecular flexibility index (Phi) is 7.45. The topological polar surface area (TPSA) is 95.8 Å². The Morgan fingerprint density at radius 1 is 1.17 bits per heavy atom. The van der Waals surface area contributed by atoms with Gasteiger partial charge < -0.3 is 14.4 Å². The van der Waals surface area contributed by atoms with Gasteiger partial charge in [0.05, 0.1) is 42.8 Å². The van der Waals surface area contributed by atoms with E-state index in [0.29, 0.717) is 40.1 Å². The molecule has 1 aliphatic rings. The Morgan fingerprint density at radius 3 is 2.63 bits per heavy atom. The Bertz CT molecular complexity index is 1320. The number of benzene rings is 2. The van der Waals surface area contributed by atoms with Gasteiger partial charge in [0.2, 0.25) is 0 Å². The number of anilines is 2. The van der Waals surface area contributed by atoms with E-state index in [1.54, 1.807) is 24.3 Å². The van der Waals surface area contributed by atoms with Crippen LogP contribution in [0.15, 0.2) is 42.6 Å². The van der Waals surface area contributed by atoms with Crippen LogP contribution in [0.3, 0.4) is 0 Å². The second-order valence-corrected chi connectivity index (χ2v) is 9.45. The zero-order valence-corrected chi connectivity index (χ0v) is 21.2. The fourth-order valence-corrected chi connectivity index (χ4v) is 5.20. The van der Waals surface area contributed by atoms with Crippen molar-refractivity contribution in [3.63, 3.8) is 0 Å². The predicted molar refractivity (Wildman–Crippen MR) is 134 cm³/mol. The molecule has 0 N–H and O–H groups in total. The quantitative estimate of drug-likeness (QED) is 0.413. The van der Waals surface area contributed by atoms with Crippen molar-refractivity contribution in [2.45, 2.75) is 18.9 Å². The molecule has 11 heteroatoms. The molecule has 1 fully saturated rings. The van der Waals surface area contributed by atoms with Crippen molar-refractivity contribution in [2.75, 3.05) is 25.7 Å². The number of hydrogen-bond acceptors (Lipinski definition) is 7. The van der Waals surface area contributed by atoms with Crippen molar-refractivity contribution in [1.29, 1.82) is 5.26 Å². The molecule has 0 radical (unpaired) electrons. The molecule has 8 nitrogen and oxygen atoms in total. The summed E-state index contributed by atoms with van der Waals surface area (Å²) in [5.74, 6) is 0.136. The first-order chi connectivity index (χ1) is 16.9. The standard InChI is InChI=1S/C24H20Cl2N4O4S/c1-33-19-8-6-15(11-20(19)34-2)30(22(31)17-7-5-14(25)10-18(17)26)24-28-13-21(35-24)23(32)29-9-3-4-16(29)12-27/h5-8,10-11,13,16H,3-4,9H2,1-2H3/t16-/m0/s1. The molecule has 1 aromatic heterocycles. The molecular formula is C24H20Cl2N4O4S. The molecule has 35 heavy (non-hydrogen) atoms. The third-order valence-corrected chi connectivity index (χ3v) is 7.07. The average molecular weight is 531 g/mol. The van der Waals surface area contributed by atoms with Crippen molar-refractivity contribution in [2.24, 2.45) is 0 Å². The summed E-state index contributed by atoms with van der Waals surface area (Å²) in [6, 6.07) is 11.3. The van der Waals surface area contributed by atoms with Gasteiger partial charge >= 0.3 is 0 Å². The maximum absolute atomic E-state index is 13.7. The molecule has 0 unspecified atom stereocenters. The largest absolute Gasteiger partial charge is 0.493 e. The van der Waals surface area contributed by atoms with Crippen molar-refractivity contribution >= 4 is 57.2 Å². The number of aromatic nitrogens is 1. The fourth-order valence-electron chi connectivity index (χ4n) is 3.81. The average Bonchev–Trinajstić information content (AvgIpc) is 3.53. The summed E-state index contributed by atoms with van der Waals surface area (Å²) < 4.78 is 10.7. The number of nitrogens with zero attached hydrogens (tertiary/aromatic N) is 4. The predicted octanol–water partition coefficient (Wildman–Crippen LogP) is 5.57. The Morgan fingerprint density at radius 2 is 1.94 bits per heavy atom. The van der Waals surface area contributed by atoms with Crippen molar-refractivity contribution < 1.29 is 19.1 Å². The van der Waals surface area contributed by atoms with Gasteiger partial charge in [0, 0.05) is 17.6 Å². The summed E-state index contributed by atoms with van der Waals surface area (Å²) in [6.45, 7) is 0.503. The Labute approximate surface area is 216 Å². The maximum Gasteiger partial charge on any atom is 0.266 e. The van der Waals surface area contributed by atoms with Crippen LogP contribution in [-0.4, -0.2) is 48.5 Å². The van der Waals surface area contributed by atoms with E-state index in [1.165, 1.54) is 42.3 Å². The molecule has 0 spiro atoms. The van der Waals surface area contributed by atoms with Crippen LogP contribution in [0, 0.1) is 11.3 Å². The lowest BCUT2D eigenvalue weighted by Gasteiger charge is -2.22. The van der Waals surface area contributed by atoms with E-state index in [4.69, 9.17) is 32.7 Å². The highest BCUT2D eigenvalue weighted by molar-refractivity contribution is 7.17. The van der Waals surface area contributed by atoms with Gasteiger partial charge in [0.25, 0.3) is 11.8 Å². The number of halogens is 2. The zero-order chi connectivity index (χ0) is 25.1. The van der Waals surface area contributed by atoms with E-state index >= 15 is 0 Å². The number of carbonyl (C=O) groups is 2. The molecule has 0 saturated carbocycles. The highest BCUT2D eigenvalue weighted by Gasteiger charge is 2.32. The lowest BCUT2D eigenvalue weighted by molar-refractivity contribution is 0.0769. The summed E-state index contributed by atoms with van der Waals surface area (Å²) >= 11 is 13.4. The van der Waals surface area contributed by atoms with Gasteiger partial charge in [-0.1, -0.05) is 34.5 Å². The third-order valence-electron chi connectivity index (χ3n) is 5.55. The molecule has 180 valence electrons. The molecule has 0 aliphatic carbocycles. The minimum Gasteiger partial charge on any atom is -0.493 e. The van der Waals surface area contributed by atoms with Crippen LogP contribution in [0.5, 0.6) is 11.5 Å². The molecule has 2 aromatic carbocycles. The first-order valence-electron chi connectivity index (χ1n) is 10.6. The first kappa shape index (κ1) is 24.8. The fraction of sp³-hybridized carbons (Fsp3) is 0.250. The van der Waals surface area contributed by atoms with Crippen LogP contribution >= 0.6 is 34.5 Å². The van der Waals surface area contributed by atoms with Crippen LogP contribution in [0.25, 0.3) is 0 Å². The highest BCUT2D eigenvalue weighted by Crippen LogP contribution is 2.38. The van der Waals surface area contributed by atoms with Gasteiger partial charge in [-0.05, 0) is 43.2 Å². The van der Waals surface area contributed by atoms with E-state index in [9.17, 15) is 14.9 Å². The monoisotopic (exact) mass is 530 g/mol. The molecule has 2 amide bonds. The summed E-state index contributed by atoms with van der Waals surface area (Å²) in [4.78, 5) is 34.4. The summed E-state index contributed by atoms with van der Waals surface area (Å²) in [7, 11) is 3.01. The minimum absolute atomic E-state index is 0.176. The molecule has 4 rings (SSSR count). The number of methoxy groups -OCH3 is 2. The van der Waals surface area contributed by atoms with Gasteiger partial charge in [-0.3, -0.25) is 14.5 Å². The van der Waals surface area contributed by atoms with E-state index < -0.39 is 11.9 Å². The van der Waals surface area contributed by atoms with Crippen LogP contribution < -0.4 is 14.4 Å². The number of ether oxygens (including phenoxy) is 2. The zero-order valence-electron chi connectivity index (χ0n) is 18.8. The maximum atomic E-state index is 13.7. The van der Waals surface area contributed by atoms with Crippen molar-refractivity contribution in [3.8, 4) is 17.6 Å². The second-order valence-electron chi connectivity index (χ2n) is 7.60. The SMILES string of the molecule is COc1ccc(N(C(=O)c2ccc(Cl)cc2Cl)c2ncc(C(=O)N3CCC[C@H]3C#N)s2)cc1OC. The molecular weight excluding hydrogens is 511 g/mol. The van der Waals surface area contributed by atoms with Crippen LogP contribution in [0.1, 0.15) is 32.9 Å². The molecule has 1 aliphatic heterocycles. The molecule has 3 aromatic rings. The highest BCUT2D eigenvalue weighted by atomic mass is 35.5. The van der Waals surface area contributed by atoms with Crippen LogP contribution in [-0.2, 0) is 0 Å². The van der Waals surface area contributed by atoms with Gasteiger partial charge in [-0.15, -0.1) is 0 Å². The first-order valence-corrected chi connectivity index (χ1v) is 12.1. The number of thiazole rings is 1. The number of rotatable bonds is 6. The molecule has 1 saturated heterocycles. The van der Waals surface area contributed by atoms with E-state index in [0.717, 1.165) is 17.8 Å². The van der Waals surface area contributed by atoms with Gasteiger partial charge in [-0.2, -0.15) is 5.26 Å². The summed E-state index contributed by atoms with van der Waals surface area (Å²) in [5.41, 5.74) is 0.640. The number of likely N-dealkylation sites (tertiary alicyclic amines) is 1. The lowest BCUT2D eigenvalue weighted by Crippen LogP contribution is -2.34. The number of hydrogen-bond donors (Lipinski definition) is 0. The van der Waals surface area contributed by atoms with E-state index in [-0.39, 0.29) is 21.6 Å². The van der Waals surface area contributed by atoms with Gasteiger partial charge in [0.15, 0.2) is 16.6 Å². The van der Waals surface area contributed by atoms with Crippen LogP contribution in [0.2, 0.25) is 10.0 Å². The summed E-state index contributed by atoms with van der Waals surface area (Å²) in [5, 5.41) is 10.2. The summed E-state index contributed by atoms with van der Waals surface area (Å²) in [6.07, 6.45) is 2.82. The van der Waals surface area contributed by atoms with Crippen molar-refractivity contribution in [3.05, 3.63) is 63.1 Å². The Balaban J connectivity index is 1.78. The lowest BCUT2D eigenvalue weighted by atomic mass is 10.1. The van der Waals surface area contributed by atoms with Crippen LogP contribution in [0.4, 0.5) is 10.8 Å². The number of amides is 2. The third kappa shape index (κ3) is 4.91. The second kappa shape index (κ2) is 10.5. The molecule has 2 heterocycles. The van der Waals surface area contributed by atoms with Crippen molar-refractivity contribution in [1.82, 2.24) is 9.88 Å². The Hall–Kier alpha value is -3.32.